The van der Waals surface area contributed by atoms with E-state index in [1.165, 1.54) is 11.3 Å². The first-order valence-corrected chi connectivity index (χ1v) is 10.1. The maximum Gasteiger partial charge on any atom is 0.270 e. The molecule has 0 saturated heterocycles. The lowest BCUT2D eigenvalue weighted by atomic mass is 10.2. The highest BCUT2D eigenvalue weighted by Crippen LogP contribution is 2.35. The average molecular weight is 412 g/mol. The molecular weight excluding hydrogens is 392 g/mol. The lowest BCUT2D eigenvalue weighted by Crippen LogP contribution is -2.28. The minimum atomic E-state index is -0.229. The number of hydrogen-bond acceptors (Lipinski definition) is 7. The van der Waals surface area contributed by atoms with Crippen molar-refractivity contribution in [1.29, 1.82) is 0 Å². The maximum absolute atomic E-state index is 12.3. The van der Waals surface area contributed by atoms with Gasteiger partial charge in [-0.15, -0.1) is 11.3 Å². The largest absolute Gasteiger partial charge is 0.494 e. The Balaban J connectivity index is 1.27. The summed E-state index contributed by atoms with van der Waals surface area (Å²) in [5, 5.41) is 5.35. The van der Waals surface area contributed by atoms with E-state index in [2.05, 4.69) is 10.3 Å². The molecule has 0 spiro atoms. The Morgan fingerprint density at radius 2 is 1.90 bits per heavy atom. The molecule has 29 heavy (non-hydrogen) atoms. The summed E-state index contributed by atoms with van der Waals surface area (Å²) in [6.07, 6.45) is 0. The number of hydrogen-bond donors (Lipinski definition) is 1. The van der Waals surface area contributed by atoms with E-state index in [1.807, 2.05) is 31.2 Å². The molecule has 1 aliphatic heterocycles. The number of carbonyl (C=O) groups is 1. The fraction of sp³-hybridized carbons (Fsp3) is 0.238. The Kier molecular flexibility index (Phi) is 5.81. The molecule has 0 atom stereocenters. The number of nitrogens with zero attached hydrogens (tertiary/aromatic N) is 1. The Labute approximate surface area is 172 Å². The smallest absolute Gasteiger partial charge is 0.270 e. The van der Waals surface area contributed by atoms with Gasteiger partial charge in [0.1, 0.15) is 28.8 Å². The fourth-order valence-electron chi connectivity index (χ4n) is 2.76. The van der Waals surface area contributed by atoms with Crippen molar-refractivity contribution in [2.75, 3.05) is 26.6 Å². The molecule has 0 bridgehead atoms. The number of rotatable bonds is 8. The lowest BCUT2D eigenvalue weighted by Gasteiger charge is -2.07. The van der Waals surface area contributed by atoms with E-state index in [0.717, 1.165) is 16.3 Å². The number of aromatic nitrogens is 1. The Bertz CT molecular complexity index is 987. The van der Waals surface area contributed by atoms with E-state index in [-0.39, 0.29) is 12.7 Å². The lowest BCUT2D eigenvalue weighted by molar-refractivity contribution is 0.0942. The summed E-state index contributed by atoms with van der Waals surface area (Å²) in [6.45, 7) is 3.49. The van der Waals surface area contributed by atoms with Crippen LogP contribution in [0.25, 0.3) is 10.6 Å². The van der Waals surface area contributed by atoms with E-state index < -0.39 is 0 Å². The molecule has 150 valence electrons. The molecule has 0 saturated carbocycles. The molecule has 0 aliphatic carbocycles. The second-order valence-corrected chi connectivity index (χ2v) is 6.97. The van der Waals surface area contributed by atoms with Gasteiger partial charge in [0.2, 0.25) is 6.79 Å². The van der Waals surface area contributed by atoms with Gasteiger partial charge < -0.3 is 24.3 Å². The summed E-state index contributed by atoms with van der Waals surface area (Å²) in [4.78, 5) is 16.7. The van der Waals surface area contributed by atoms with Crippen molar-refractivity contribution in [3.05, 3.63) is 53.5 Å². The molecule has 1 aromatic heterocycles. The predicted octanol–water partition coefficient (Wildman–Crippen LogP) is 3.75. The molecule has 2 heterocycles. The van der Waals surface area contributed by atoms with Crippen molar-refractivity contribution < 1.29 is 23.7 Å². The van der Waals surface area contributed by atoms with Crippen LogP contribution in [0, 0.1) is 0 Å². The van der Waals surface area contributed by atoms with Gasteiger partial charge in [-0.3, -0.25) is 4.79 Å². The zero-order chi connectivity index (χ0) is 20.1. The number of nitrogens with one attached hydrogen (secondary N) is 1. The van der Waals surface area contributed by atoms with Crippen molar-refractivity contribution in [1.82, 2.24) is 10.3 Å². The minimum Gasteiger partial charge on any atom is -0.494 e. The molecule has 1 aliphatic rings. The average Bonchev–Trinajstić information content (AvgIpc) is 3.41. The summed E-state index contributed by atoms with van der Waals surface area (Å²) in [7, 11) is 0. The predicted molar refractivity (Wildman–Crippen MR) is 109 cm³/mol. The van der Waals surface area contributed by atoms with Gasteiger partial charge in [0.25, 0.3) is 5.91 Å². The van der Waals surface area contributed by atoms with Crippen LogP contribution in [0.5, 0.6) is 23.0 Å². The third kappa shape index (κ3) is 4.60. The van der Waals surface area contributed by atoms with Crippen LogP contribution in [-0.4, -0.2) is 37.4 Å². The van der Waals surface area contributed by atoms with E-state index in [9.17, 15) is 4.79 Å². The van der Waals surface area contributed by atoms with Crippen LogP contribution >= 0.6 is 11.3 Å². The second-order valence-electron chi connectivity index (χ2n) is 6.11. The van der Waals surface area contributed by atoms with Crippen molar-refractivity contribution in [2.45, 2.75) is 6.92 Å². The number of ether oxygens (including phenoxy) is 4. The summed E-state index contributed by atoms with van der Waals surface area (Å²) in [5.74, 6) is 2.62. The van der Waals surface area contributed by atoms with Crippen LogP contribution in [-0.2, 0) is 0 Å². The Morgan fingerprint density at radius 3 is 2.72 bits per heavy atom. The van der Waals surface area contributed by atoms with Gasteiger partial charge in [0.15, 0.2) is 11.5 Å². The highest BCUT2D eigenvalue weighted by Gasteiger charge is 2.14. The normalized spacial score (nSPS) is 11.9. The second kappa shape index (κ2) is 8.83. The molecule has 0 fully saturated rings. The van der Waals surface area contributed by atoms with Gasteiger partial charge in [0, 0.05) is 17.0 Å². The van der Waals surface area contributed by atoms with Crippen LogP contribution < -0.4 is 24.3 Å². The van der Waals surface area contributed by atoms with Crippen LogP contribution in [0.4, 0.5) is 0 Å². The van der Waals surface area contributed by atoms with Gasteiger partial charge in [-0.1, -0.05) is 0 Å². The highest BCUT2D eigenvalue weighted by atomic mass is 32.1. The Hall–Kier alpha value is -3.26. The third-order valence-corrected chi connectivity index (χ3v) is 5.04. The first-order chi connectivity index (χ1) is 14.2. The molecular formula is C21H20N2O5S. The quantitative estimate of drug-likeness (QED) is 0.568. The van der Waals surface area contributed by atoms with Gasteiger partial charge in [0.05, 0.1) is 13.2 Å². The molecule has 3 aromatic rings. The van der Waals surface area contributed by atoms with Crippen molar-refractivity contribution in [3.8, 4) is 33.6 Å². The molecule has 0 radical (unpaired) electrons. The number of thiazole rings is 1. The standard InChI is InChI=1S/C21H20N2O5S/c1-2-25-15-5-3-14(4-6-15)21-23-17(12-29-21)20(24)22-9-10-26-16-7-8-18-19(11-16)28-13-27-18/h3-8,11-12H,2,9-10,13H2,1H3,(H,22,24). The summed E-state index contributed by atoms with van der Waals surface area (Å²) in [6, 6.07) is 13.0. The summed E-state index contributed by atoms with van der Waals surface area (Å²) >= 11 is 1.43. The molecule has 8 heteroatoms. The molecule has 7 nitrogen and oxygen atoms in total. The first kappa shape index (κ1) is 19.1. The van der Waals surface area contributed by atoms with Crippen molar-refractivity contribution in [3.63, 3.8) is 0 Å². The van der Waals surface area contributed by atoms with E-state index in [1.54, 1.807) is 23.6 Å². The molecule has 1 N–H and O–H groups in total. The SMILES string of the molecule is CCOc1ccc(-c2nc(C(=O)NCCOc3ccc4c(c3)OCO4)cs2)cc1. The Morgan fingerprint density at radius 1 is 1.10 bits per heavy atom. The van der Waals surface area contributed by atoms with E-state index in [4.69, 9.17) is 18.9 Å². The zero-order valence-electron chi connectivity index (χ0n) is 15.8. The fourth-order valence-corrected chi connectivity index (χ4v) is 3.57. The van der Waals surface area contributed by atoms with Gasteiger partial charge in [-0.2, -0.15) is 0 Å². The van der Waals surface area contributed by atoms with Crippen LogP contribution in [0.15, 0.2) is 47.8 Å². The molecule has 1 amide bonds. The van der Waals surface area contributed by atoms with Crippen LogP contribution in [0.3, 0.4) is 0 Å². The number of benzene rings is 2. The monoisotopic (exact) mass is 412 g/mol. The number of amides is 1. The van der Waals surface area contributed by atoms with Gasteiger partial charge >= 0.3 is 0 Å². The minimum absolute atomic E-state index is 0.223. The zero-order valence-corrected chi connectivity index (χ0v) is 16.7. The van der Waals surface area contributed by atoms with Gasteiger partial charge in [-0.25, -0.2) is 4.98 Å². The van der Waals surface area contributed by atoms with Crippen molar-refractivity contribution >= 4 is 17.2 Å². The summed E-state index contributed by atoms with van der Waals surface area (Å²) < 4.78 is 21.7. The van der Waals surface area contributed by atoms with Crippen molar-refractivity contribution in [2.24, 2.45) is 0 Å². The number of carbonyl (C=O) groups excluding carboxylic acids is 1. The van der Waals surface area contributed by atoms with Gasteiger partial charge in [-0.05, 0) is 43.3 Å². The molecule has 2 aromatic carbocycles. The first-order valence-electron chi connectivity index (χ1n) is 9.22. The van der Waals surface area contributed by atoms with Crippen LogP contribution in [0.1, 0.15) is 17.4 Å². The number of fused-ring (bicyclic) bond motifs is 1. The third-order valence-electron chi connectivity index (χ3n) is 4.15. The molecule has 4 rings (SSSR count). The topological polar surface area (TPSA) is 78.9 Å². The molecule has 0 unspecified atom stereocenters. The maximum atomic E-state index is 12.3. The summed E-state index contributed by atoms with van der Waals surface area (Å²) in [5.41, 5.74) is 1.34. The van der Waals surface area contributed by atoms with Crippen LogP contribution in [0.2, 0.25) is 0 Å². The van der Waals surface area contributed by atoms with E-state index >= 15 is 0 Å². The highest BCUT2D eigenvalue weighted by molar-refractivity contribution is 7.13. The van der Waals surface area contributed by atoms with E-state index in [0.29, 0.717) is 42.7 Å².